The van der Waals surface area contributed by atoms with E-state index in [-0.39, 0.29) is 6.61 Å². The van der Waals surface area contributed by atoms with Gasteiger partial charge in [-0.05, 0) is 34.1 Å². The minimum atomic E-state index is 0.268. The van der Waals surface area contributed by atoms with Crippen LogP contribution in [-0.4, -0.2) is 0 Å². The maximum atomic E-state index is 6.09. The van der Waals surface area contributed by atoms with Gasteiger partial charge in [-0.3, -0.25) is 0 Å². The number of rotatable bonds is 3. The fourth-order valence-corrected chi connectivity index (χ4v) is 2.87. The highest BCUT2D eigenvalue weighted by Crippen LogP contribution is 2.35. The average Bonchev–Trinajstić information content (AvgIpc) is 2.33. The highest BCUT2D eigenvalue weighted by molar-refractivity contribution is 9.10. The van der Waals surface area contributed by atoms with Crippen LogP contribution in [0.3, 0.4) is 0 Å². The van der Waals surface area contributed by atoms with Crippen LogP contribution in [0.1, 0.15) is 5.56 Å². The summed E-state index contributed by atoms with van der Waals surface area (Å²) in [5, 5.41) is 1.51. The SMILES string of the molecule is Nc1cc(Cl)cc(Br)c1OCc1cccc(Cl)c1Cl. The summed E-state index contributed by atoms with van der Waals surface area (Å²) in [7, 11) is 0. The first-order chi connectivity index (χ1) is 8.99. The standard InChI is InChI=1S/C13H9BrCl3NO/c14-9-4-8(15)5-11(18)13(9)19-6-7-2-1-3-10(16)12(7)17/h1-5H,6,18H2. The van der Waals surface area contributed by atoms with Gasteiger partial charge in [0.1, 0.15) is 6.61 Å². The molecule has 19 heavy (non-hydrogen) atoms. The van der Waals surface area contributed by atoms with Gasteiger partial charge in [0.05, 0.1) is 20.2 Å². The summed E-state index contributed by atoms with van der Waals surface area (Å²) in [6, 6.07) is 8.72. The van der Waals surface area contributed by atoms with Crippen LogP contribution in [-0.2, 0) is 6.61 Å². The van der Waals surface area contributed by atoms with Crippen LogP contribution in [0.5, 0.6) is 5.75 Å². The van der Waals surface area contributed by atoms with Gasteiger partial charge in [0.2, 0.25) is 0 Å². The molecule has 0 aliphatic heterocycles. The molecule has 0 bridgehead atoms. The first-order valence-electron chi connectivity index (χ1n) is 5.29. The Bertz CT molecular complexity index is 596. The Balaban J connectivity index is 2.22. The molecule has 2 rings (SSSR count). The van der Waals surface area contributed by atoms with Crippen molar-refractivity contribution < 1.29 is 4.74 Å². The Hall–Kier alpha value is -0.610. The van der Waals surface area contributed by atoms with E-state index in [9.17, 15) is 0 Å². The maximum absolute atomic E-state index is 6.09. The van der Waals surface area contributed by atoms with Gasteiger partial charge in [-0.1, -0.05) is 46.9 Å². The Morgan fingerprint density at radius 1 is 1.16 bits per heavy atom. The number of nitrogen functional groups attached to an aromatic ring is 1. The molecule has 0 spiro atoms. The van der Waals surface area contributed by atoms with E-state index in [1.807, 2.05) is 12.1 Å². The van der Waals surface area contributed by atoms with Gasteiger partial charge >= 0.3 is 0 Å². The molecule has 0 heterocycles. The summed E-state index contributed by atoms with van der Waals surface area (Å²) in [5.41, 5.74) is 7.10. The summed E-state index contributed by atoms with van der Waals surface area (Å²) in [6.07, 6.45) is 0. The third-order valence-corrected chi connectivity index (χ3v) is 4.11. The Labute approximate surface area is 134 Å². The number of benzene rings is 2. The van der Waals surface area contributed by atoms with E-state index in [2.05, 4.69) is 15.9 Å². The quantitative estimate of drug-likeness (QED) is 0.706. The molecule has 2 nitrogen and oxygen atoms in total. The second-order valence-corrected chi connectivity index (χ2v) is 5.88. The van der Waals surface area contributed by atoms with Crippen molar-refractivity contribution in [2.75, 3.05) is 5.73 Å². The number of hydrogen-bond donors (Lipinski definition) is 1. The maximum Gasteiger partial charge on any atom is 0.156 e. The molecule has 0 amide bonds. The van der Waals surface area contributed by atoms with Crippen LogP contribution < -0.4 is 10.5 Å². The minimum absolute atomic E-state index is 0.268. The molecule has 0 aliphatic rings. The van der Waals surface area contributed by atoms with Crippen molar-refractivity contribution in [1.29, 1.82) is 0 Å². The zero-order chi connectivity index (χ0) is 14.0. The fourth-order valence-electron chi connectivity index (χ4n) is 1.54. The Morgan fingerprint density at radius 2 is 1.89 bits per heavy atom. The molecule has 0 unspecified atom stereocenters. The van der Waals surface area contributed by atoms with E-state index in [0.29, 0.717) is 31.0 Å². The summed E-state index contributed by atoms with van der Waals surface area (Å²) in [4.78, 5) is 0. The van der Waals surface area contributed by atoms with E-state index < -0.39 is 0 Å². The molecule has 0 saturated heterocycles. The van der Waals surface area contributed by atoms with Crippen molar-refractivity contribution in [1.82, 2.24) is 0 Å². The van der Waals surface area contributed by atoms with Gasteiger partial charge in [-0.25, -0.2) is 0 Å². The number of halogens is 4. The lowest BCUT2D eigenvalue weighted by molar-refractivity contribution is 0.306. The molecule has 2 N–H and O–H groups in total. The monoisotopic (exact) mass is 379 g/mol. The van der Waals surface area contributed by atoms with Crippen LogP contribution >= 0.6 is 50.7 Å². The molecular formula is C13H9BrCl3NO. The summed E-state index contributed by atoms with van der Waals surface area (Å²) in [5.74, 6) is 0.528. The van der Waals surface area contributed by atoms with Crippen molar-refractivity contribution in [2.45, 2.75) is 6.61 Å². The van der Waals surface area contributed by atoms with Crippen LogP contribution in [0.25, 0.3) is 0 Å². The van der Waals surface area contributed by atoms with E-state index >= 15 is 0 Å². The first-order valence-corrected chi connectivity index (χ1v) is 7.22. The van der Waals surface area contributed by atoms with Gasteiger partial charge in [0, 0.05) is 10.6 Å². The van der Waals surface area contributed by atoms with E-state index in [0.717, 1.165) is 5.56 Å². The van der Waals surface area contributed by atoms with Crippen molar-refractivity contribution in [3.8, 4) is 5.75 Å². The molecule has 0 aliphatic carbocycles. The molecular weight excluding hydrogens is 372 g/mol. The van der Waals surface area contributed by atoms with Gasteiger partial charge in [0.15, 0.2) is 5.75 Å². The molecule has 0 radical (unpaired) electrons. The summed E-state index contributed by atoms with van der Waals surface area (Å²) in [6.45, 7) is 0.268. The van der Waals surface area contributed by atoms with E-state index in [4.69, 9.17) is 45.3 Å². The topological polar surface area (TPSA) is 35.2 Å². The van der Waals surface area contributed by atoms with Crippen molar-refractivity contribution in [3.63, 3.8) is 0 Å². The summed E-state index contributed by atoms with van der Waals surface area (Å²) >= 11 is 21.3. The Morgan fingerprint density at radius 3 is 2.58 bits per heavy atom. The predicted octanol–water partition coefficient (Wildman–Crippen LogP) is 5.57. The van der Waals surface area contributed by atoms with Crippen molar-refractivity contribution in [3.05, 3.63) is 55.4 Å². The van der Waals surface area contributed by atoms with Gasteiger partial charge in [-0.15, -0.1) is 0 Å². The van der Waals surface area contributed by atoms with Crippen molar-refractivity contribution >= 4 is 56.4 Å². The van der Waals surface area contributed by atoms with E-state index in [1.165, 1.54) is 0 Å². The lowest BCUT2D eigenvalue weighted by Crippen LogP contribution is -2.00. The zero-order valence-corrected chi connectivity index (χ0v) is 13.4. The molecule has 2 aromatic carbocycles. The van der Waals surface area contributed by atoms with Crippen LogP contribution in [0.4, 0.5) is 5.69 Å². The smallest absolute Gasteiger partial charge is 0.156 e. The third-order valence-electron chi connectivity index (χ3n) is 2.44. The lowest BCUT2D eigenvalue weighted by atomic mass is 10.2. The highest BCUT2D eigenvalue weighted by Gasteiger charge is 2.10. The second kappa shape index (κ2) is 6.23. The highest BCUT2D eigenvalue weighted by atomic mass is 79.9. The zero-order valence-electron chi connectivity index (χ0n) is 9.59. The van der Waals surface area contributed by atoms with Crippen LogP contribution in [0, 0.1) is 0 Å². The number of ether oxygens (including phenoxy) is 1. The van der Waals surface area contributed by atoms with Crippen LogP contribution in [0.15, 0.2) is 34.8 Å². The third kappa shape index (κ3) is 3.48. The molecule has 0 aromatic heterocycles. The van der Waals surface area contributed by atoms with Gasteiger partial charge in [-0.2, -0.15) is 0 Å². The van der Waals surface area contributed by atoms with E-state index in [1.54, 1.807) is 18.2 Å². The number of nitrogens with two attached hydrogens (primary N) is 1. The normalized spacial score (nSPS) is 10.5. The van der Waals surface area contributed by atoms with Crippen LogP contribution in [0.2, 0.25) is 15.1 Å². The molecule has 2 aromatic rings. The number of anilines is 1. The van der Waals surface area contributed by atoms with Gasteiger partial charge < -0.3 is 10.5 Å². The molecule has 0 fully saturated rings. The average molecular weight is 381 g/mol. The largest absolute Gasteiger partial charge is 0.485 e. The first kappa shape index (κ1) is 14.8. The lowest BCUT2D eigenvalue weighted by Gasteiger charge is -2.12. The minimum Gasteiger partial charge on any atom is -0.485 e. The van der Waals surface area contributed by atoms with Gasteiger partial charge in [0.25, 0.3) is 0 Å². The molecule has 6 heteroatoms. The molecule has 0 saturated carbocycles. The second-order valence-electron chi connectivity index (χ2n) is 3.81. The number of hydrogen-bond acceptors (Lipinski definition) is 2. The predicted molar refractivity (Wildman–Crippen MR) is 84.4 cm³/mol. The molecule has 100 valence electrons. The Kier molecular flexibility index (Phi) is 4.85. The fraction of sp³-hybridized carbons (Fsp3) is 0.0769. The molecule has 0 atom stereocenters. The summed E-state index contributed by atoms with van der Waals surface area (Å²) < 4.78 is 6.36. The van der Waals surface area contributed by atoms with Crippen molar-refractivity contribution in [2.24, 2.45) is 0 Å².